The molecule has 0 aliphatic heterocycles. The molecule has 0 spiro atoms. The van der Waals surface area contributed by atoms with Gasteiger partial charge >= 0.3 is 6.18 Å². The Bertz CT molecular complexity index is 1350. The number of aromatic nitrogens is 2. The van der Waals surface area contributed by atoms with Gasteiger partial charge in [0.2, 0.25) is 5.91 Å². The van der Waals surface area contributed by atoms with Crippen molar-refractivity contribution in [2.45, 2.75) is 25.4 Å². The summed E-state index contributed by atoms with van der Waals surface area (Å²) in [7, 11) is 3.92. The van der Waals surface area contributed by atoms with Crippen LogP contribution in [0.2, 0.25) is 0 Å². The number of nitrogens with zero attached hydrogens (tertiary/aromatic N) is 3. The van der Waals surface area contributed by atoms with Crippen molar-refractivity contribution in [1.82, 2.24) is 14.5 Å². The maximum atomic E-state index is 13.7. The van der Waals surface area contributed by atoms with Gasteiger partial charge in [0, 0.05) is 23.6 Å². The molecule has 1 heterocycles. The Morgan fingerprint density at radius 3 is 2.49 bits per heavy atom. The molecule has 0 radical (unpaired) electrons. The van der Waals surface area contributed by atoms with Crippen LogP contribution < -0.4 is 10.6 Å². The quantitative estimate of drug-likeness (QED) is 0.258. The molecule has 6 nitrogen and oxygen atoms in total. The third-order valence-electron chi connectivity index (χ3n) is 5.99. The minimum atomic E-state index is -4.54. The van der Waals surface area contributed by atoms with Crippen molar-refractivity contribution >= 4 is 28.3 Å². The lowest BCUT2D eigenvalue weighted by molar-refractivity contribution is -0.137. The zero-order chi connectivity index (χ0) is 26.4. The molecule has 0 bridgehead atoms. The van der Waals surface area contributed by atoms with Crippen LogP contribution in [-0.2, 0) is 17.4 Å². The number of alkyl halides is 3. The highest BCUT2D eigenvalue weighted by molar-refractivity contribution is 5.92. The lowest BCUT2D eigenvalue weighted by Crippen LogP contribution is -2.17. The molecule has 0 aliphatic carbocycles. The molecular weight excluding hydrogens is 479 g/mol. The highest BCUT2D eigenvalue weighted by Crippen LogP contribution is 2.36. The van der Waals surface area contributed by atoms with Crippen LogP contribution in [-0.4, -0.2) is 47.5 Å². The standard InChI is InChI=1S/C28H30F3N5O/c1-35(2)16-6-5-15-32-24-14-11-21(18-23(24)28(29,30)31)34-27(37)17-20-9-12-22(13-10-20)36-19-33-25-7-3-4-8-26(25)36/h3-4,7-14,18-19,32H,5-6,15-17H2,1-2H3,(H,34,37). The van der Waals surface area contributed by atoms with E-state index in [0.29, 0.717) is 6.54 Å². The smallest absolute Gasteiger partial charge is 0.385 e. The van der Waals surface area contributed by atoms with Gasteiger partial charge in [0.1, 0.15) is 6.33 Å². The first-order valence-corrected chi connectivity index (χ1v) is 12.1. The molecular formula is C28H30F3N5O. The van der Waals surface area contributed by atoms with Gasteiger partial charge in [-0.1, -0.05) is 24.3 Å². The molecule has 0 atom stereocenters. The molecule has 1 aromatic heterocycles. The molecule has 0 saturated carbocycles. The highest BCUT2D eigenvalue weighted by atomic mass is 19.4. The molecule has 0 fully saturated rings. The predicted molar refractivity (Wildman–Crippen MR) is 141 cm³/mol. The van der Waals surface area contributed by atoms with E-state index in [2.05, 4.69) is 15.6 Å². The van der Waals surface area contributed by atoms with E-state index in [9.17, 15) is 18.0 Å². The van der Waals surface area contributed by atoms with Crippen LogP contribution in [0.25, 0.3) is 16.7 Å². The molecule has 2 N–H and O–H groups in total. The number of hydrogen-bond acceptors (Lipinski definition) is 4. The van der Waals surface area contributed by atoms with Crippen LogP contribution in [0.1, 0.15) is 24.0 Å². The second-order valence-corrected chi connectivity index (χ2v) is 9.19. The Morgan fingerprint density at radius 2 is 1.76 bits per heavy atom. The third kappa shape index (κ3) is 6.89. The van der Waals surface area contributed by atoms with E-state index in [0.717, 1.165) is 47.7 Å². The van der Waals surface area contributed by atoms with Gasteiger partial charge in [-0.2, -0.15) is 13.2 Å². The van der Waals surface area contributed by atoms with Gasteiger partial charge in [-0.25, -0.2) is 4.98 Å². The fraction of sp³-hybridized carbons (Fsp3) is 0.286. The summed E-state index contributed by atoms with van der Waals surface area (Å²) in [5.74, 6) is -0.390. The maximum Gasteiger partial charge on any atom is 0.418 e. The number of anilines is 2. The SMILES string of the molecule is CN(C)CCCCNc1ccc(NC(=O)Cc2ccc(-n3cnc4ccccc43)cc2)cc1C(F)(F)F. The first kappa shape index (κ1) is 26.2. The summed E-state index contributed by atoms with van der Waals surface area (Å²) in [6.45, 7) is 1.31. The van der Waals surface area contributed by atoms with E-state index in [1.54, 1.807) is 6.33 Å². The number of fused-ring (bicyclic) bond motifs is 1. The fourth-order valence-electron chi connectivity index (χ4n) is 4.12. The van der Waals surface area contributed by atoms with Gasteiger partial charge < -0.3 is 15.5 Å². The molecule has 3 aromatic carbocycles. The Kier molecular flexibility index (Phi) is 8.13. The van der Waals surface area contributed by atoms with Crippen LogP contribution in [0, 0.1) is 0 Å². The molecule has 0 saturated heterocycles. The van der Waals surface area contributed by atoms with Gasteiger partial charge in [0.25, 0.3) is 0 Å². The number of rotatable bonds is 10. The van der Waals surface area contributed by atoms with Crippen LogP contribution in [0.15, 0.2) is 73.1 Å². The van der Waals surface area contributed by atoms with Crippen LogP contribution in [0.5, 0.6) is 0 Å². The summed E-state index contributed by atoms with van der Waals surface area (Å²) in [4.78, 5) is 19.0. The van der Waals surface area contributed by atoms with E-state index in [4.69, 9.17) is 0 Å². The minimum absolute atomic E-state index is 0.0120. The molecule has 0 unspecified atom stereocenters. The predicted octanol–water partition coefficient (Wildman–Crippen LogP) is 5.98. The molecule has 4 aromatic rings. The lowest BCUT2D eigenvalue weighted by atomic mass is 10.1. The summed E-state index contributed by atoms with van der Waals surface area (Å²) in [6.07, 6.45) is -1.12. The summed E-state index contributed by atoms with van der Waals surface area (Å²) in [5, 5.41) is 5.48. The summed E-state index contributed by atoms with van der Waals surface area (Å²) >= 11 is 0. The number of benzene rings is 3. The van der Waals surface area contributed by atoms with E-state index in [-0.39, 0.29) is 17.8 Å². The van der Waals surface area contributed by atoms with Gasteiger partial charge in [-0.15, -0.1) is 0 Å². The first-order valence-electron chi connectivity index (χ1n) is 12.1. The Balaban J connectivity index is 1.38. The highest BCUT2D eigenvalue weighted by Gasteiger charge is 2.34. The molecule has 37 heavy (non-hydrogen) atoms. The number of carbonyl (C=O) groups is 1. The Labute approximate surface area is 214 Å². The number of para-hydroxylation sites is 2. The van der Waals surface area contributed by atoms with Crippen molar-refractivity contribution in [3.63, 3.8) is 0 Å². The van der Waals surface area contributed by atoms with Gasteiger partial charge in [-0.05, 0) is 81.5 Å². The van der Waals surface area contributed by atoms with Crippen molar-refractivity contribution in [2.75, 3.05) is 37.8 Å². The summed E-state index contributed by atoms with van der Waals surface area (Å²) in [6, 6.07) is 19.0. The number of unbranched alkanes of at least 4 members (excludes halogenated alkanes) is 1. The van der Waals surface area contributed by atoms with Crippen molar-refractivity contribution in [3.8, 4) is 5.69 Å². The summed E-state index contributed by atoms with van der Waals surface area (Å²) in [5.41, 5.74) is 2.83. The normalized spacial score (nSPS) is 11.7. The third-order valence-corrected chi connectivity index (χ3v) is 5.99. The van der Waals surface area contributed by atoms with E-state index < -0.39 is 17.6 Å². The van der Waals surface area contributed by atoms with Crippen molar-refractivity contribution in [2.24, 2.45) is 0 Å². The summed E-state index contributed by atoms with van der Waals surface area (Å²) < 4.78 is 43.0. The van der Waals surface area contributed by atoms with Gasteiger partial charge in [0.15, 0.2) is 0 Å². The van der Waals surface area contributed by atoms with Crippen molar-refractivity contribution in [3.05, 3.63) is 84.2 Å². The molecule has 1 amide bonds. The number of halogens is 3. The fourth-order valence-corrected chi connectivity index (χ4v) is 4.12. The van der Waals surface area contributed by atoms with Crippen LogP contribution >= 0.6 is 0 Å². The largest absolute Gasteiger partial charge is 0.418 e. The monoisotopic (exact) mass is 509 g/mol. The first-order chi connectivity index (χ1) is 17.7. The van der Waals surface area contributed by atoms with E-state index >= 15 is 0 Å². The molecule has 0 aliphatic rings. The second kappa shape index (κ2) is 11.5. The average Bonchev–Trinajstić information content (AvgIpc) is 3.28. The minimum Gasteiger partial charge on any atom is -0.385 e. The lowest BCUT2D eigenvalue weighted by Gasteiger charge is -2.17. The average molecular weight is 510 g/mol. The number of imidazole rings is 1. The zero-order valence-electron chi connectivity index (χ0n) is 20.8. The van der Waals surface area contributed by atoms with Crippen molar-refractivity contribution in [1.29, 1.82) is 0 Å². The van der Waals surface area contributed by atoms with E-state index in [1.807, 2.05) is 72.1 Å². The Hall–Kier alpha value is -3.85. The van der Waals surface area contributed by atoms with E-state index in [1.165, 1.54) is 12.1 Å². The van der Waals surface area contributed by atoms with Crippen molar-refractivity contribution < 1.29 is 18.0 Å². The second-order valence-electron chi connectivity index (χ2n) is 9.19. The Morgan fingerprint density at radius 1 is 1.00 bits per heavy atom. The van der Waals surface area contributed by atoms with Gasteiger partial charge in [0.05, 0.1) is 23.0 Å². The molecule has 4 rings (SSSR count). The van der Waals surface area contributed by atoms with Crippen LogP contribution in [0.4, 0.5) is 24.5 Å². The number of nitrogens with one attached hydrogen (secondary N) is 2. The number of carbonyl (C=O) groups excluding carboxylic acids is 1. The molecule has 194 valence electrons. The number of amides is 1. The maximum absolute atomic E-state index is 13.7. The molecule has 9 heteroatoms. The number of hydrogen-bond donors (Lipinski definition) is 2. The van der Waals surface area contributed by atoms with Crippen LogP contribution in [0.3, 0.4) is 0 Å². The topological polar surface area (TPSA) is 62.2 Å². The van der Waals surface area contributed by atoms with Gasteiger partial charge in [-0.3, -0.25) is 9.36 Å². The zero-order valence-corrected chi connectivity index (χ0v) is 20.8.